The molecule has 1 aromatic carbocycles. The van der Waals surface area contributed by atoms with Crippen LogP contribution in [0.5, 0.6) is 11.5 Å². The second kappa shape index (κ2) is 6.80. The lowest BCUT2D eigenvalue weighted by atomic mass is 10.0. The molecule has 0 aliphatic heterocycles. The number of nitrogens with zero attached hydrogens (tertiary/aromatic N) is 1. The first kappa shape index (κ1) is 13.4. The summed E-state index contributed by atoms with van der Waals surface area (Å²) < 4.78 is 10.7. The predicted molar refractivity (Wildman–Crippen MR) is 67.5 cm³/mol. The van der Waals surface area contributed by atoms with Crippen molar-refractivity contribution in [1.29, 1.82) is 5.26 Å². The lowest BCUT2D eigenvalue weighted by Crippen LogP contribution is -1.96. The minimum atomic E-state index is 0.616. The van der Waals surface area contributed by atoms with Crippen LogP contribution in [0, 0.1) is 18.3 Å². The first-order valence-electron chi connectivity index (χ1n) is 5.81. The third-order valence-electron chi connectivity index (χ3n) is 2.78. The van der Waals surface area contributed by atoms with Gasteiger partial charge in [0, 0.05) is 6.42 Å². The van der Waals surface area contributed by atoms with Crippen LogP contribution in [0.3, 0.4) is 0 Å². The summed E-state index contributed by atoms with van der Waals surface area (Å²) in [5.41, 5.74) is 2.22. The van der Waals surface area contributed by atoms with Gasteiger partial charge in [-0.05, 0) is 49.4 Å². The fraction of sp³-hybridized carbons (Fsp3) is 0.500. The molecule has 0 atom stereocenters. The minimum Gasteiger partial charge on any atom is -0.496 e. The van der Waals surface area contributed by atoms with Gasteiger partial charge in [-0.1, -0.05) is 0 Å². The molecule has 0 spiro atoms. The number of hydrogen-bond donors (Lipinski definition) is 0. The topological polar surface area (TPSA) is 42.2 Å². The Balaban J connectivity index is 2.78. The Hall–Kier alpha value is -1.69. The number of aryl methyl sites for hydroxylation is 2. The third-order valence-corrected chi connectivity index (χ3v) is 2.78. The number of nitriles is 1. The van der Waals surface area contributed by atoms with E-state index in [2.05, 4.69) is 6.07 Å². The zero-order valence-electron chi connectivity index (χ0n) is 10.7. The highest BCUT2D eigenvalue weighted by molar-refractivity contribution is 5.45. The van der Waals surface area contributed by atoms with Crippen molar-refractivity contribution < 1.29 is 9.47 Å². The Morgan fingerprint density at radius 1 is 1.12 bits per heavy atom. The average molecular weight is 233 g/mol. The van der Waals surface area contributed by atoms with Crippen molar-refractivity contribution in [3.8, 4) is 17.6 Å². The number of methoxy groups -OCH3 is 2. The van der Waals surface area contributed by atoms with Crippen molar-refractivity contribution in [2.75, 3.05) is 14.2 Å². The van der Waals surface area contributed by atoms with Gasteiger partial charge < -0.3 is 9.47 Å². The van der Waals surface area contributed by atoms with Gasteiger partial charge in [0.15, 0.2) is 0 Å². The van der Waals surface area contributed by atoms with Crippen LogP contribution in [0.1, 0.15) is 30.4 Å². The van der Waals surface area contributed by atoms with E-state index in [1.54, 1.807) is 14.2 Å². The van der Waals surface area contributed by atoms with Gasteiger partial charge in [-0.2, -0.15) is 5.26 Å². The molecule has 0 aliphatic carbocycles. The first-order valence-corrected chi connectivity index (χ1v) is 5.81. The maximum atomic E-state index is 8.49. The molecule has 0 bridgehead atoms. The van der Waals surface area contributed by atoms with Crippen LogP contribution in [-0.2, 0) is 6.42 Å². The summed E-state index contributed by atoms with van der Waals surface area (Å²) >= 11 is 0. The zero-order valence-corrected chi connectivity index (χ0v) is 10.7. The van der Waals surface area contributed by atoms with Gasteiger partial charge in [-0.25, -0.2) is 0 Å². The molecule has 92 valence electrons. The quantitative estimate of drug-likeness (QED) is 0.708. The molecule has 1 rings (SSSR count). The number of rotatable bonds is 6. The van der Waals surface area contributed by atoms with Crippen LogP contribution in [0.2, 0.25) is 0 Å². The Kier molecular flexibility index (Phi) is 5.35. The standard InChI is InChI=1S/C14H19NO2/c1-11-9-14(17-3)12(10-13(11)16-2)7-5-4-6-8-15/h9-10H,4-7H2,1-3H3. The van der Waals surface area contributed by atoms with Gasteiger partial charge >= 0.3 is 0 Å². The van der Waals surface area contributed by atoms with E-state index in [9.17, 15) is 0 Å². The molecule has 0 amide bonds. The van der Waals surface area contributed by atoms with Crippen molar-refractivity contribution in [1.82, 2.24) is 0 Å². The number of benzene rings is 1. The van der Waals surface area contributed by atoms with E-state index in [1.807, 2.05) is 19.1 Å². The van der Waals surface area contributed by atoms with E-state index < -0.39 is 0 Å². The van der Waals surface area contributed by atoms with Gasteiger partial charge in [-0.15, -0.1) is 0 Å². The summed E-state index contributed by atoms with van der Waals surface area (Å²) in [6.07, 6.45) is 3.46. The summed E-state index contributed by atoms with van der Waals surface area (Å²) in [7, 11) is 3.36. The van der Waals surface area contributed by atoms with E-state index in [1.165, 1.54) is 0 Å². The lowest BCUT2D eigenvalue weighted by molar-refractivity contribution is 0.396. The molecule has 17 heavy (non-hydrogen) atoms. The highest BCUT2D eigenvalue weighted by Gasteiger charge is 2.08. The van der Waals surface area contributed by atoms with E-state index >= 15 is 0 Å². The maximum absolute atomic E-state index is 8.49. The van der Waals surface area contributed by atoms with Crippen LogP contribution in [-0.4, -0.2) is 14.2 Å². The molecule has 0 heterocycles. The van der Waals surface area contributed by atoms with Crippen molar-refractivity contribution in [2.24, 2.45) is 0 Å². The summed E-state index contributed by atoms with van der Waals surface area (Å²) in [5.74, 6) is 1.79. The Morgan fingerprint density at radius 3 is 2.41 bits per heavy atom. The van der Waals surface area contributed by atoms with Crippen LogP contribution in [0.4, 0.5) is 0 Å². The maximum Gasteiger partial charge on any atom is 0.122 e. The second-order valence-corrected chi connectivity index (χ2v) is 4.00. The molecule has 0 saturated carbocycles. The fourth-order valence-corrected chi connectivity index (χ4v) is 1.83. The van der Waals surface area contributed by atoms with Crippen LogP contribution in [0.25, 0.3) is 0 Å². The molecule has 0 N–H and O–H groups in total. The molecular formula is C14H19NO2. The van der Waals surface area contributed by atoms with Gasteiger partial charge in [-0.3, -0.25) is 0 Å². The zero-order chi connectivity index (χ0) is 12.7. The first-order chi connectivity index (χ1) is 8.22. The number of hydrogen-bond acceptors (Lipinski definition) is 3. The molecule has 0 aliphatic rings. The van der Waals surface area contributed by atoms with E-state index in [0.29, 0.717) is 6.42 Å². The molecule has 0 radical (unpaired) electrons. The van der Waals surface area contributed by atoms with Crippen molar-refractivity contribution in [3.63, 3.8) is 0 Å². The second-order valence-electron chi connectivity index (χ2n) is 4.00. The largest absolute Gasteiger partial charge is 0.496 e. The minimum absolute atomic E-state index is 0.616. The monoisotopic (exact) mass is 233 g/mol. The Bertz CT molecular complexity index is 407. The van der Waals surface area contributed by atoms with Crippen molar-refractivity contribution >= 4 is 0 Å². The van der Waals surface area contributed by atoms with Crippen LogP contribution >= 0.6 is 0 Å². The molecular weight excluding hydrogens is 214 g/mol. The van der Waals surface area contributed by atoms with E-state index in [-0.39, 0.29) is 0 Å². The van der Waals surface area contributed by atoms with Crippen LogP contribution in [0.15, 0.2) is 12.1 Å². The molecule has 0 fully saturated rings. The number of ether oxygens (including phenoxy) is 2. The summed E-state index contributed by atoms with van der Waals surface area (Å²) in [6.45, 7) is 2.00. The third kappa shape index (κ3) is 3.67. The molecule has 3 heteroatoms. The van der Waals surface area contributed by atoms with E-state index in [4.69, 9.17) is 14.7 Å². The molecule has 0 unspecified atom stereocenters. The molecule has 0 saturated heterocycles. The fourth-order valence-electron chi connectivity index (χ4n) is 1.83. The predicted octanol–water partition coefficient (Wildman–Crippen LogP) is 3.25. The lowest BCUT2D eigenvalue weighted by Gasteiger charge is -2.12. The Morgan fingerprint density at radius 2 is 1.82 bits per heavy atom. The normalized spacial score (nSPS) is 9.76. The SMILES string of the molecule is COc1cc(CCCCC#N)c(OC)cc1C. The van der Waals surface area contributed by atoms with Crippen molar-refractivity contribution in [3.05, 3.63) is 23.3 Å². The highest BCUT2D eigenvalue weighted by Crippen LogP contribution is 2.29. The van der Waals surface area contributed by atoms with Gasteiger partial charge in [0.05, 0.1) is 20.3 Å². The molecule has 3 nitrogen and oxygen atoms in total. The number of unbranched alkanes of at least 4 members (excludes halogenated alkanes) is 2. The van der Waals surface area contributed by atoms with Gasteiger partial charge in [0.2, 0.25) is 0 Å². The van der Waals surface area contributed by atoms with Gasteiger partial charge in [0.1, 0.15) is 11.5 Å². The summed E-state index contributed by atoms with van der Waals surface area (Å²) in [5, 5.41) is 8.49. The van der Waals surface area contributed by atoms with Gasteiger partial charge in [0.25, 0.3) is 0 Å². The Labute approximate surface area is 103 Å². The molecule has 1 aromatic rings. The highest BCUT2D eigenvalue weighted by atomic mass is 16.5. The molecule has 0 aromatic heterocycles. The summed E-state index contributed by atoms with van der Waals surface area (Å²) in [4.78, 5) is 0. The average Bonchev–Trinajstić information content (AvgIpc) is 2.35. The summed E-state index contributed by atoms with van der Waals surface area (Å²) in [6, 6.07) is 6.19. The van der Waals surface area contributed by atoms with Crippen molar-refractivity contribution in [2.45, 2.75) is 32.6 Å². The van der Waals surface area contributed by atoms with E-state index in [0.717, 1.165) is 41.9 Å². The smallest absolute Gasteiger partial charge is 0.122 e. The van der Waals surface area contributed by atoms with Crippen LogP contribution < -0.4 is 9.47 Å².